The standard InChI is InChI=1S/C12H11F3N4/c13-12(14,15)8-3-4-11(10(16)6-8)17-7-9-2-1-5-18-19-9/h1-6,17H,7,16H2. The summed E-state index contributed by atoms with van der Waals surface area (Å²) in [4.78, 5) is 0. The van der Waals surface area contributed by atoms with Gasteiger partial charge in [-0.25, -0.2) is 0 Å². The molecule has 2 rings (SSSR count). The van der Waals surface area contributed by atoms with E-state index in [0.717, 1.165) is 12.1 Å². The average molecular weight is 268 g/mol. The van der Waals surface area contributed by atoms with Gasteiger partial charge in [0, 0.05) is 6.20 Å². The maximum atomic E-state index is 12.5. The molecule has 1 aromatic heterocycles. The van der Waals surface area contributed by atoms with Crippen molar-refractivity contribution in [3.8, 4) is 0 Å². The summed E-state index contributed by atoms with van der Waals surface area (Å²) < 4.78 is 37.4. The number of hydrogen-bond donors (Lipinski definition) is 2. The predicted molar refractivity (Wildman–Crippen MR) is 65.2 cm³/mol. The molecule has 100 valence electrons. The molecule has 0 saturated heterocycles. The van der Waals surface area contributed by atoms with Crippen molar-refractivity contribution < 1.29 is 13.2 Å². The first-order chi connectivity index (χ1) is 8.97. The van der Waals surface area contributed by atoms with Crippen molar-refractivity contribution in [3.05, 3.63) is 47.8 Å². The molecule has 0 bridgehead atoms. The predicted octanol–water partition coefficient (Wildman–Crippen LogP) is 2.69. The van der Waals surface area contributed by atoms with Crippen molar-refractivity contribution in [1.29, 1.82) is 0 Å². The van der Waals surface area contributed by atoms with Crippen molar-refractivity contribution in [2.45, 2.75) is 12.7 Å². The zero-order valence-electron chi connectivity index (χ0n) is 9.78. The van der Waals surface area contributed by atoms with Gasteiger partial charge < -0.3 is 11.1 Å². The average Bonchev–Trinajstić information content (AvgIpc) is 2.37. The third kappa shape index (κ3) is 3.34. The molecule has 4 nitrogen and oxygen atoms in total. The molecular formula is C12H11F3N4. The Kier molecular flexibility index (Phi) is 3.55. The summed E-state index contributed by atoms with van der Waals surface area (Å²) >= 11 is 0. The molecule has 0 spiro atoms. The summed E-state index contributed by atoms with van der Waals surface area (Å²) in [6.45, 7) is 0.337. The molecular weight excluding hydrogens is 257 g/mol. The number of alkyl halides is 3. The molecule has 19 heavy (non-hydrogen) atoms. The number of aromatic nitrogens is 2. The van der Waals surface area contributed by atoms with Gasteiger partial charge in [-0.05, 0) is 30.3 Å². The molecule has 3 N–H and O–H groups in total. The minimum atomic E-state index is -4.39. The molecule has 7 heteroatoms. The van der Waals surface area contributed by atoms with E-state index in [1.165, 1.54) is 12.3 Å². The molecule has 0 aliphatic carbocycles. The lowest BCUT2D eigenvalue weighted by Crippen LogP contribution is -2.08. The van der Waals surface area contributed by atoms with Crippen LogP contribution in [0, 0.1) is 0 Å². The summed E-state index contributed by atoms with van der Waals surface area (Å²) in [5.74, 6) is 0. The van der Waals surface area contributed by atoms with Crippen LogP contribution < -0.4 is 11.1 Å². The van der Waals surface area contributed by atoms with Gasteiger partial charge in [0.2, 0.25) is 0 Å². The van der Waals surface area contributed by atoms with E-state index in [4.69, 9.17) is 5.73 Å². The number of nitrogens with zero attached hydrogens (tertiary/aromatic N) is 2. The van der Waals surface area contributed by atoms with Gasteiger partial charge in [0.25, 0.3) is 0 Å². The fourth-order valence-electron chi connectivity index (χ4n) is 1.51. The van der Waals surface area contributed by atoms with Crippen molar-refractivity contribution in [2.24, 2.45) is 0 Å². The van der Waals surface area contributed by atoms with Crippen LogP contribution in [0.1, 0.15) is 11.3 Å². The molecule has 0 unspecified atom stereocenters. The number of hydrogen-bond acceptors (Lipinski definition) is 4. The van der Waals surface area contributed by atoms with Gasteiger partial charge in [0.15, 0.2) is 0 Å². The second-order valence-electron chi connectivity index (χ2n) is 3.87. The molecule has 2 aromatic rings. The minimum Gasteiger partial charge on any atom is -0.397 e. The first-order valence-electron chi connectivity index (χ1n) is 5.44. The molecule has 0 amide bonds. The third-order valence-electron chi connectivity index (χ3n) is 2.47. The van der Waals surface area contributed by atoms with Crippen LogP contribution in [0.25, 0.3) is 0 Å². The zero-order chi connectivity index (χ0) is 13.9. The first-order valence-corrected chi connectivity index (χ1v) is 5.44. The minimum absolute atomic E-state index is 0.0405. The number of nitrogen functional groups attached to an aromatic ring is 1. The Labute approximate surface area is 107 Å². The molecule has 0 aliphatic heterocycles. The number of anilines is 2. The van der Waals surface area contributed by atoms with Crippen LogP contribution in [0.5, 0.6) is 0 Å². The first kappa shape index (κ1) is 13.1. The number of benzene rings is 1. The highest BCUT2D eigenvalue weighted by Gasteiger charge is 2.30. The van der Waals surface area contributed by atoms with Crippen molar-refractivity contribution in [2.75, 3.05) is 11.1 Å². The Hall–Kier alpha value is -2.31. The van der Waals surface area contributed by atoms with E-state index in [1.807, 2.05) is 0 Å². The van der Waals surface area contributed by atoms with Gasteiger partial charge in [-0.1, -0.05) is 0 Å². The van der Waals surface area contributed by atoms with Crippen molar-refractivity contribution >= 4 is 11.4 Å². The smallest absolute Gasteiger partial charge is 0.397 e. The summed E-state index contributed by atoms with van der Waals surface area (Å²) in [7, 11) is 0. The second kappa shape index (κ2) is 5.13. The van der Waals surface area contributed by atoms with Gasteiger partial charge in [-0.15, -0.1) is 0 Å². The van der Waals surface area contributed by atoms with Crippen LogP contribution >= 0.6 is 0 Å². The van der Waals surface area contributed by atoms with E-state index < -0.39 is 11.7 Å². The third-order valence-corrected chi connectivity index (χ3v) is 2.47. The Morgan fingerprint density at radius 1 is 1.21 bits per heavy atom. The number of nitrogens with one attached hydrogen (secondary N) is 1. The van der Waals surface area contributed by atoms with Gasteiger partial charge >= 0.3 is 6.18 Å². The maximum absolute atomic E-state index is 12.5. The fraction of sp³-hybridized carbons (Fsp3) is 0.167. The normalized spacial score (nSPS) is 11.3. The second-order valence-corrected chi connectivity index (χ2v) is 3.87. The molecule has 0 atom stereocenters. The van der Waals surface area contributed by atoms with Crippen molar-refractivity contribution in [3.63, 3.8) is 0 Å². The summed E-state index contributed by atoms with van der Waals surface area (Å²) in [6, 6.07) is 6.66. The topological polar surface area (TPSA) is 63.8 Å². The molecule has 0 fully saturated rings. The molecule has 0 radical (unpaired) electrons. The monoisotopic (exact) mass is 268 g/mol. The van der Waals surface area contributed by atoms with E-state index in [9.17, 15) is 13.2 Å². The van der Waals surface area contributed by atoms with Gasteiger partial charge in [-0.3, -0.25) is 0 Å². The molecule has 1 heterocycles. The van der Waals surface area contributed by atoms with Gasteiger partial charge in [0.1, 0.15) is 0 Å². The van der Waals surface area contributed by atoms with Crippen LogP contribution in [0.2, 0.25) is 0 Å². The van der Waals surface area contributed by atoms with Crippen LogP contribution in [0.4, 0.5) is 24.5 Å². The maximum Gasteiger partial charge on any atom is 0.416 e. The number of nitrogens with two attached hydrogens (primary N) is 1. The van der Waals surface area contributed by atoms with Crippen LogP contribution in [0.15, 0.2) is 36.5 Å². The zero-order valence-corrected chi connectivity index (χ0v) is 9.78. The lowest BCUT2D eigenvalue weighted by molar-refractivity contribution is -0.137. The van der Waals surface area contributed by atoms with Gasteiger partial charge in [0.05, 0.1) is 29.2 Å². The Morgan fingerprint density at radius 2 is 2.00 bits per heavy atom. The highest BCUT2D eigenvalue weighted by Crippen LogP contribution is 2.32. The SMILES string of the molecule is Nc1cc(C(F)(F)F)ccc1NCc1cccnn1. The largest absolute Gasteiger partial charge is 0.416 e. The summed E-state index contributed by atoms with van der Waals surface area (Å²) in [5.41, 5.74) is 5.95. The quantitative estimate of drug-likeness (QED) is 0.840. The highest BCUT2D eigenvalue weighted by atomic mass is 19.4. The van der Waals surface area contributed by atoms with E-state index >= 15 is 0 Å². The van der Waals surface area contributed by atoms with Crippen LogP contribution in [-0.2, 0) is 12.7 Å². The lowest BCUT2D eigenvalue weighted by atomic mass is 10.1. The Morgan fingerprint density at radius 3 is 2.58 bits per heavy atom. The molecule has 0 saturated carbocycles. The van der Waals surface area contributed by atoms with E-state index in [1.54, 1.807) is 12.1 Å². The van der Waals surface area contributed by atoms with E-state index in [2.05, 4.69) is 15.5 Å². The summed E-state index contributed by atoms with van der Waals surface area (Å²) in [6.07, 6.45) is -2.85. The van der Waals surface area contributed by atoms with Crippen molar-refractivity contribution in [1.82, 2.24) is 10.2 Å². The van der Waals surface area contributed by atoms with E-state index in [0.29, 0.717) is 17.9 Å². The Balaban J connectivity index is 2.10. The highest BCUT2D eigenvalue weighted by molar-refractivity contribution is 5.67. The lowest BCUT2D eigenvalue weighted by Gasteiger charge is -2.12. The number of halogens is 3. The van der Waals surface area contributed by atoms with E-state index in [-0.39, 0.29) is 5.69 Å². The Bertz CT molecular complexity index is 555. The van der Waals surface area contributed by atoms with Crippen LogP contribution in [-0.4, -0.2) is 10.2 Å². The number of rotatable bonds is 3. The van der Waals surface area contributed by atoms with Crippen LogP contribution in [0.3, 0.4) is 0 Å². The summed E-state index contributed by atoms with van der Waals surface area (Å²) in [5, 5.41) is 10.5. The van der Waals surface area contributed by atoms with Gasteiger partial charge in [-0.2, -0.15) is 23.4 Å². The molecule has 1 aromatic carbocycles. The fourth-order valence-corrected chi connectivity index (χ4v) is 1.51. The molecule has 0 aliphatic rings.